The summed E-state index contributed by atoms with van der Waals surface area (Å²) < 4.78 is 2.29. The van der Waals surface area contributed by atoms with Gasteiger partial charge in [0.2, 0.25) is 0 Å². The second kappa shape index (κ2) is 5.38. The van der Waals surface area contributed by atoms with Gasteiger partial charge in [-0.25, -0.2) is 0 Å². The van der Waals surface area contributed by atoms with Gasteiger partial charge in [0.15, 0.2) is 0 Å². The van der Waals surface area contributed by atoms with E-state index in [1.165, 1.54) is 24.5 Å². The second-order valence-corrected chi connectivity index (χ2v) is 7.55. The summed E-state index contributed by atoms with van der Waals surface area (Å²) in [4.78, 5) is 2.63. The minimum Gasteiger partial charge on any atom is -0.320 e. The van der Waals surface area contributed by atoms with Crippen LogP contribution in [0.3, 0.4) is 0 Å². The first-order valence-electron chi connectivity index (χ1n) is 5.26. The van der Waals surface area contributed by atoms with E-state index in [0.29, 0.717) is 0 Å². The van der Waals surface area contributed by atoms with Gasteiger partial charge in [0, 0.05) is 17.8 Å². The molecule has 0 bridgehead atoms. The summed E-state index contributed by atoms with van der Waals surface area (Å²) >= 11 is 7.65. The zero-order valence-electron chi connectivity index (χ0n) is 9.63. The zero-order chi connectivity index (χ0) is 12.6. The van der Waals surface area contributed by atoms with Gasteiger partial charge in [-0.05, 0) is 71.8 Å². The monoisotopic (exact) mass is 421 g/mol. The van der Waals surface area contributed by atoms with Crippen molar-refractivity contribution in [1.29, 1.82) is 0 Å². The lowest BCUT2D eigenvalue weighted by Gasteiger charge is -2.14. The van der Waals surface area contributed by atoms with Crippen LogP contribution in [0.4, 0.5) is 0 Å². The number of thiophene rings is 1. The predicted molar refractivity (Wildman–Crippen MR) is 86.7 cm³/mol. The van der Waals surface area contributed by atoms with E-state index >= 15 is 0 Å². The molecule has 1 aromatic heterocycles. The molecule has 0 amide bonds. The molecule has 17 heavy (non-hydrogen) atoms. The maximum Gasteiger partial charge on any atom is 0.0573 e. The van der Waals surface area contributed by atoms with Crippen LogP contribution in [0.25, 0.3) is 0 Å². The topological polar surface area (TPSA) is 26.0 Å². The van der Waals surface area contributed by atoms with Crippen LogP contribution in [0.5, 0.6) is 0 Å². The van der Waals surface area contributed by atoms with Gasteiger partial charge < -0.3 is 5.73 Å². The number of rotatable bonds is 2. The molecule has 0 saturated heterocycles. The largest absolute Gasteiger partial charge is 0.320 e. The summed E-state index contributed by atoms with van der Waals surface area (Å²) in [5, 5.41) is 0. The molecular weight excluding hydrogens is 409 g/mol. The van der Waals surface area contributed by atoms with Crippen LogP contribution >= 0.6 is 49.9 Å². The van der Waals surface area contributed by atoms with Crippen LogP contribution in [-0.2, 0) is 0 Å². The van der Waals surface area contributed by atoms with E-state index in [1.54, 1.807) is 0 Å². The highest BCUT2D eigenvalue weighted by atomic mass is 127. The van der Waals surface area contributed by atoms with Crippen molar-refractivity contribution in [2.24, 2.45) is 5.73 Å². The highest BCUT2D eigenvalue weighted by molar-refractivity contribution is 14.1. The molecule has 1 aromatic carbocycles. The molecule has 0 aliphatic heterocycles. The fourth-order valence-electron chi connectivity index (χ4n) is 1.88. The Morgan fingerprint density at radius 3 is 2.53 bits per heavy atom. The number of hydrogen-bond acceptors (Lipinski definition) is 2. The van der Waals surface area contributed by atoms with E-state index in [-0.39, 0.29) is 6.04 Å². The first kappa shape index (κ1) is 13.5. The Balaban J connectivity index is 2.46. The fourth-order valence-corrected chi connectivity index (χ4v) is 3.90. The third-order valence-corrected chi connectivity index (χ3v) is 5.16. The molecule has 1 nitrogen and oxygen atoms in total. The van der Waals surface area contributed by atoms with Crippen molar-refractivity contribution >= 4 is 49.9 Å². The molecular formula is C13H13BrINS. The Labute approximate surface area is 128 Å². The Morgan fingerprint density at radius 2 is 1.94 bits per heavy atom. The Morgan fingerprint density at radius 1 is 1.24 bits per heavy atom. The van der Waals surface area contributed by atoms with Gasteiger partial charge in [0.1, 0.15) is 0 Å². The van der Waals surface area contributed by atoms with Crippen molar-refractivity contribution in [3.63, 3.8) is 0 Å². The molecule has 0 radical (unpaired) electrons. The van der Waals surface area contributed by atoms with Crippen LogP contribution < -0.4 is 5.73 Å². The Hall–Kier alpha value is 0.0900. The van der Waals surface area contributed by atoms with Gasteiger partial charge in [0.25, 0.3) is 0 Å². The van der Waals surface area contributed by atoms with Crippen LogP contribution in [0.1, 0.15) is 26.9 Å². The van der Waals surface area contributed by atoms with Crippen LogP contribution in [-0.4, -0.2) is 0 Å². The molecule has 1 unspecified atom stereocenters. The van der Waals surface area contributed by atoms with Gasteiger partial charge in [-0.15, -0.1) is 11.3 Å². The Bertz CT molecular complexity index is 550. The highest BCUT2D eigenvalue weighted by Crippen LogP contribution is 2.32. The van der Waals surface area contributed by atoms with E-state index in [2.05, 4.69) is 70.6 Å². The summed E-state index contributed by atoms with van der Waals surface area (Å²) in [5.41, 5.74) is 8.80. The minimum atomic E-state index is -0.0376. The number of hydrogen-bond donors (Lipinski definition) is 1. The van der Waals surface area contributed by atoms with E-state index in [4.69, 9.17) is 5.73 Å². The Kier molecular flexibility index (Phi) is 4.28. The van der Waals surface area contributed by atoms with Crippen LogP contribution in [0, 0.1) is 17.4 Å². The molecule has 4 heteroatoms. The predicted octanol–water partition coefficient (Wildman–Crippen LogP) is 4.78. The molecule has 0 fully saturated rings. The first-order chi connectivity index (χ1) is 7.99. The van der Waals surface area contributed by atoms with Crippen LogP contribution in [0.2, 0.25) is 0 Å². The van der Waals surface area contributed by atoms with Crippen molar-refractivity contribution in [2.45, 2.75) is 19.9 Å². The molecule has 0 saturated carbocycles. The quantitative estimate of drug-likeness (QED) is 0.693. The van der Waals surface area contributed by atoms with Gasteiger partial charge in [-0.1, -0.05) is 15.9 Å². The standard InChI is InChI=1S/C13H13BrINS/c1-7-5-10(8(2)17-7)13(16)11-6-9(14)3-4-12(11)15/h3-6,13H,16H2,1-2H3. The van der Waals surface area contributed by atoms with Crippen molar-refractivity contribution in [2.75, 3.05) is 0 Å². The maximum absolute atomic E-state index is 6.38. The molecule has 0 aliphatic rings. The van der Waals surface area contributed by atoms with E-state index < -0.39 is 0 Å². The lowest BCUT2D eigenvalue weighted by atomic mass is 10.0. The summed E-state index contributed by atoms with van der Waals surface area (Å²) in [6.45, 7) is 4.26. The summed E-state index contributed by atoms with van der Waals surface area (Å²) in [5.74, 6) is 0. The average molecular weight is 422 g/mol. The molecule has 2 rings (SSSR count). The summed E-state index contributed by atoms with van der Waals surface area (Å²) in [6.07, 6.45) is 0. The molecule has 0 aliphatic carbocycles. The molecule has 1 atom stereocenters. The van der Waals surface area contributed by atoms with E-state index in [9.17, 15) is 0 Å². The smallest absolute Gasteiger partial charge is 0.0573 e. The molecule has 0 spiro atoms. The maximum atomic E-state index is 6.38. The van der Waals surface area contributed by atoms with E-state index in [0.717, 1.165) is 4.47 Å². The van der Waals surface area contributed by atoms with Gasteiger partial charge in [0.05, 0.1) is 6.04 Å². The van der Waals surface area contributed by atoms with E-state index in [1.807, 2.05) is 17.4 Å². The van der Waals surface area contributed by atoms with Crippen molar-refractivity contribution < 1.29 is 0 Å². The molecule has 90 valence electrons. The number of nitrogens with two attached hydrogens (primary N) is 1. The van der Waals surface area contributed by atoms with Crippen molar-refractivity contribution in [3.05, 3.63) is 53.2 Å². The van der Waals surface area contributed by atoms with Gasteiger partial charge in [-0.3, -0.25) is 0 Å². The molecule has 2 aromatic rings. The first-order valence-corrected chi connectivity index (χ1v) is 7.95. The molecule has 1 heterocycles. The van der Waals surface area contributed by atoms with Crippen molar-refractivity contribution in [3.8, 4) is 0 Å². The molecule has 2 N–H and O–H groups in total. The third-order valence-electron chi connectivity index (χ3n) is 2.71. The number of aryl methyl sites for hydroxylation is 2. The highest BCUT2D eigenvalue weighted by Gasteiger charge is 2.16. The fraction of sp³-hybridized carbons (Fsp3) is 0.231. The third kappa shape index (κ3) is 2.92. The number of halogens is 2. The average Bonchev–Trinajstić information content (AvgIpc) is 2.60. The number of benzene rings is 1. The lowest BCUT2D eigenvalue weighted by molar-refractivity contribution is 0.861. The van der Waals surface area contributed by atoms with Gasteiger partial charge in [-0.2, -0.15) is 0 Å². The normalized spacial score (nSPS) is 12.8. The summed E-state index contributed by atoms with van der Waals surface area (Å²) in [7, 11) is 0. The summed E-state index contributed by atoms with van der Waals surface area (Å²) in [6, 6.07) is 8.41. The lowest BCUT2D eigenvalue weighted by Crippen LogP contribution is -2.13. The van der Waals surface area contributed by atoms with Gasteiger partial charge >= 0.3 is 0 Å². The second-order valence-electron chi connectivity index (χ2n) is 4.01. The zero-order valence-corrected chi connectivity index (χ0v) is 14.2. The van der Waals surface area contributed by atoms with Crippen LogP contribution in [0.15, 0.2) is 28.7 Å². The SMILES string of the molecule is Cc1cc(C(N)c2cc(Br)ccc2I)c(C)s1. The van der Waals surface area contributed by atoms with Crippen molar-refractivity contribution in [1.82, 2.24) is 0 Å². The minimum absolute atomic E-state index is 0.0376.